The van der Waals surface area contributed by atoms with Gasteiger partial charge in [-0.15, -0.1) is 0 Å². The summed E-state index contributed by atoms with van der Waals surface area (Å²) in [5, 5.41) is 0.118. The Morgan fingerprint density at radius 3 is 2.75 bits per heavy atom. The molecule has 41 valence electrons. The molecule has 0 amide bonds. The second-order valence-corrected chi connectivity index (χ2v) is 1.74. The summed E-state index contributed by atoms with van der Waals surface area (Å²) in [6.45, 7) is 0. The van der Waals surface area contributed by atoms with Gasteiger partial charge in [0, 0.05) is 6.07 Å². The van der Waals surface area contributed by atoms with E-state index in [9.17, 15) is 4.39 Å². The maximum atomic E-state index is 12.1. The van der Waals surface area contributed by atoms with Crippen molar-refractivity contribution in [3.63, 3.8) is 0 Å². The van der Waals surface area contributed by atoms with Crippen molar-refractivity contribution in [3.05, 3.63) is 35.1 Å². The summed E-state index contributed by atoms with van der Waals surface area (Å²) in [4.78, 5) is 0. The second kappa shape index (κ2) is 2.14. The lowest BCUT2D eigenvalue weighted by atomic mass is 10.4. The largest absolute Gasteiger partial charge is 0.205 e. The van der Waals surface area contributed by atoms with Crippen molar-refractivity contribution in [1.82, 2.24) is 0 Å². The van der Waals surface area contributed by atoms with Gasteiger partial charge in [-0.25, -0.2) is 4.39 Å². The van der Waals surface area contributed by atoms with Crippen LogP contribution in [0.15, 0.2) is 18.2 Å². The summed E-state index contributed by atoms with van der Waals surface area (Å²) in [6.07, 6.45) is 0. The van der Waals surface area contributed by atoms with E-state index in [0.29, 0.717) is 0 Å². The van der Waals surface area contributed by atoms with E-state index in [1.165, 1.54) is 12.1 Å². The Bertz CT molecular complexity index is 165. The molecule has 0 atom stereocenters. The van der Waals surface area contributed by atoms with Crippen molar-refractivity contribution >= 4 is 11.6 Å². The predicted molar refractivity (Wildman–Crippen MR) is 30.2 cm³/mol. The molecular formula is C6H3ClF. The maximum absolute atomic E-state index is 12.1. The SMILES string of the molecule is Fc1[c]cccc1Cl. The molecule has 0 N–H and O–H groups in total. The zero-order chi connectivity index (χ0) is 5.98. The Hall–Kier alpha value is -0.560. The topological polar surface area (TPSA) is 0 Å². The third-order valence-corrected chi connectivity index (χ3v) is 1.05. The predicted octanol–water partition coefficient (Wildman–Crippen LogP) is 2.28. The van der Waals surface area contributed by atoms with Crippen molar-refractivity contribution < 1.29 is 4.39 Å². The fourth-order valence-electron chi connectivity index (χ4n) is 0.396. The van der Waals surface area contributed by atoms with E-state index < -0.39 is 5.82 Å². The minimum absolute atomic E-state index is 0.118. The van der Waals surface area contributed by atoms with E-state index >= 15 is 0 Å². The summed E-state index contributed by atoms with van der Waals surface area (Å²) in [6, 6.07) is 6.88. The van der Waals surface area contributed by atoms with Gasteiger partial charge in [0.1, 0.15) is 5.82 Å². The smallest absolute Gasteiger partial charge is 0.149 e. The molecule has 0 bridgehead atoms. The molecule has 1 aromatic carbocycles. The Kier molecular flexibility index (Phi) is 1.49. The van der Waals surface area contributed by atoms with Gasteiger partial charge in [0.15, 0.2) is 0 Å². The summed E-state index contributed by atoms with van der Waals surface area (Å²) in [7, 11) is 0. The van der Waals surface area contributed by atoms with Crippen LogP contribution < -0.4 is 0 Å². The number of benzene rings is 1. The van der Waals surface area contributed by atoms with Crippen LogP contribution in [-0.4, -0.2) is 0 Å². The third kappa shape index (κ3) is 0.984. The lowest BCUT2D eigenvalue weighted by molar-refractivity contribution is 0.626. The molecule has 0 saturated carbocycles. The van der Waals surface area contributed by atoms with Crippen LogP contribution in [0.4, 0.5) is 4.39 Å². The van der Waals surface area contributed by atoms with Gasteiger partial charge in [-0.3, -0.25) is 0 Å². The monoisotopic (exact) mass is 129 g/mol. The fraction of sp³-hybridized carbons (Fsp3) is 0. The molecule has 0 fully saturated rings. The number of rotatable bonds is 0. The average Bonchev–Trinajstić information content (AvgIpc) is 1.77. The molecule has 0 heterocycles. The molecule has 1 aromatic rings. The first kappa shape index (κ1) is 5.57. The highest BCUT2D eigenvalue weighted by atomic mass is 35.5. The Labute approximate surface area is 51.9 Å². The highest BCUT2D eigenvalue weighted by Gasteiger charge is 1.92. The van der Waals surface area contributed by atoms with E-state index in [-0.39, 0.29) is 5.02 Å². The van der Waals surface area contributed by atoms with Crippen molar-refractivity contribution in [2.24, 2.45) is 0 Å². The van der Waals surface area contributed by atoms with E-state index in [1.54, 1.807) is 6.07 Å². The lowest BCUT2D eigenvalue weighted by Gasteiger charge is -1.86. The van der Waals surface area contributed by atoms with Crippen molar-refractivity contribution in [2.75, 3.05) is 0 Å². The minimum Gasteiger partial charge on any atom is -0.205 e. The molecule has 2 heteroatoms. The van der Waals surface area contributed by atoms with Crippen molar-refractivity contribution in [1.29, 1.82) is 0 Å². The fourth-order valence-corrected chi connectivity index (χ4v) is 0.523. The molecular weight excluding hydrogens is 127 g/mol. The van der Waals surface area contributed by atoms with Crippen molar-refractivity contribution in [2.45, 2.75) is 0 Å². The van der Waals surface area contributed by atoms with Crippen LogP contribution in [0, 0.1) is 11.9 Å². The molecule has 0 aliphatic heterocycles. The standard InChI is InChI=1S/C6H3ClF/c7-5-3-1-2-4-6(5)8/h1-3H. The third-order valence-electron chi connectivity index (χ3n) is 0.759. The van der Waals surface area contributed by atoms with Gasteiger partial charge in [0.05, 0.1) is 5.02 Å². The molecule has 0 nitrogen and oxygen atoms in total. The van der Waals surface area contributed by atoms with Gasteiger partial charge in [-0.2, -0.15) is 0 Å². The summed E-state index contributed by atoms with van der Waals surface area (Å²) in [5.41, 5.74) is 0. The number of hydrogen-bond donors (Lipinski definition) is 0. The van der Waals surface area contributed by atoms with Crippen LogP contribution in [0.2, 0.25) is 5.02 Å². The van der Waals surface area contributed by atoms with Crippen LogP contribution in [0.1, 0.15) is 0 Å². The molecule has 8 heavy (non-hydrogen) atoms. The summed E-state index contributed by atoms with van der Waals surface area (Å²) < 4.78 is 12.1. The normalized spacial score (nSPS) is 9.25. The molecule has 0 unspecified atom stereocenters. The molecule has 0 spiro atoms. The van der Waals surface area contributed by atoms with Crippen LogP contribution in [-0.2, 0) is 0 Å². The van der Waals surface area contributed by atoms with Crippen LogP contribution in [0.5, 0.6) is 0 Å². The summed E-state index contributed by atoms with van der Waals surface area (Å²) in [5.74, 6) is -0.492. The Morgan fingerprint density at radius 1 is 1.62 bits per heavy atom. The van der Waals surface area contributed by atoms with E-state index in [2.05, 4.69) is 6.07 Å². The van der Waals surface area contributed by atoms with Gasteiger partial charge in [0.2, 0.25) is 0 Å². The Morgan fingerprint density at radius 2 is 2.38 bits per heavy atom. The first-order valence-corrected chi connectivity index (χ1v) is 2.50. The van der Waals surface area contributed by atoms with E-state index in [1.807, 2.05) is 0 Å². The molecule has 1 radical (unpaired) electrons. The maximum Gasteiger partial charge on any atom is 0.149 e. The van der Waals surface area contributed by atoms with Gasteiger partial charge in [-0.1, -0.05) is 23.7 Å². The molecule has 0 aliphatic rings. The molecule has 0 saturated heterocycles. The molecule has 1 rings (SSSR count). The molecule has 0 aromatic heterocycles. The van der Waals surface area contributed by atoms with Gasteiger partial charge >= 0.3 is 0 Å². The van der Waals surface area contributed by atoms with E-state index in [4.69, 9.17) is 11.6 Å². The van der Waals surface area contributed by atoms with Gasteiger partial charge < -0.3 is 0 Å². The van der Waals surface area contributed by atoms with Crippen molar-refractivity contribution in [3.8, 4) is 0 Å². The number of halogens is 2. The average molecular weight is 130 g/mol. The minimum atomic E-state index is -0.492. The molecule has 0 aliphatic carbocycles. The quantitative estimate of drug-likeness (QED) is 0.504. The highest BCUT2D eigenvalue weighted by Crippen LogP contribution is 2.10. The van der Waals surface area contributed by atoms with Crippen LogP contribution >= 0.6 is 11.6 Å². The van der Waals surface area contributed by atoms with Gasteiger partial charge in [0.25, 0.3) is 0 Å². The lowest BCUT2D eigenvalue weighted by Crippen LogP contribution is -1.71. The first-order chi connectivity index (χ1) is 3.80. The van der Waals surface area contributed by atoms with Gasteiger partial charge in [-0.05, 0) is 6.07 Å². The Balaban J connectivity index is 3.13. The first-order valence-electron chi connectivity index (χ1n) is 2.12. The van der Waals surface area contributed by atoms with Crippen LogP contribution in [0.3, 0.4) is 0 Å². The zero-order valence-corrected chi connectivity index (χ0v) is 4.74. The second-order valence-electron chi connectivity index (χ2n) is 1.33. The summed E-state index contributed by atoms with van der Waals surface area (Å²) >= 11 is 5.30. The highest BCUT2D eigenvalue weighted by molar-refractivity contribution is 6.30. The van der Waals surface area contributed by atoms with E-state index in [0.717, 1.165) is 0 Å². The number of hydrogen-bond acceptors (Lipinski definition) is 0. The van der Waals surface area contributed by atoms with Crippen LogP contribution in [0.25, 0.3) is 0 Å². The zero-order valence-electron chi connectivity index (χ0n) is 3.99.